The van der Waals surface area contributed by atoms with Gasteiger partial charge in [-0.25, -0.2) is 9.97 Å². The zero-order chi connectivity index (χ0) is 14.7. The molecular formula is C15H15N3O2S. The summed E-state index contributed by atoms with van der Waals surface area (Å²) < 4.78 is 10.6. The van der Waals surface area contributed by atoms with Crippen molar-refractivity contribution in [3.8, 4) is 11.5 Å². The number of pyridine rings is 1. The van der Waals surface area contributed by atoms with E-state index >= 15 is 0 Å². The predicted octanol–water partition coefficient (Wildman–Crippen LogP) is 3.27. The summed E-state index contributed by atoms with van der Waals surface area (Å²) in [6, 6.07) is 9.63. The first-order chi connectivity index (χ1) is 10.3. The molecule has 3 rings (SSSR count). The summed E-state index contributed by atoms with van der Waals surface area (Å²) in [7, 11) is 3.32. The molecule has 0 aliphatic carbocycles. The third kappa shape index (κ3) is 2.95. The van der Waals surface area contributed by atoms with E-state index in [1.165, 1.54) is 0 Å². The van der Waals surface area contributed by atoms with Gasteiger partial charge >= 0.3 is 0 Å². The van der Waals surface area contributed by atoms with Crippen LogP contribution in [0.2, 0.25) is 0 Å². The third-order valence-corrected chi connectivity index (χ3v) is 4.01. The maximum atomic E-state index is 5.38. The van der Waals surface area contributed by atoms with Gasteiger partial charge in [-0.05, 0) is 30.3 Å². The Balaban J connectivity index is 1.80. The molecule has 5 nitrogen and oxygen atoms in total. The Morgan fingerprint density at radius 2 is 2.10 bits per heavy atom. The standard InChI is InChI=1S/C15H15N3O2S/c1-19-11-5-6-13(20-2)10(8-11)9-21-15-17-12-4-3-7-16-14(12)18-15/h3-8H,9H2,1-2H3,(H,16,17,18). The summed E-state index contributed by atoms with van der Waals surface area (Å²) in [6.07, 6.45) is 1.74. The molecule has 2 aromatic heterocycles. The molecule has 0 aliphatic heterocycles. The second-order valence-electron chi connectivity index (χ2n) is 4.38. The molecule has 0 saturated heterocycles. The molecule has 1 aromatic carbocycles. The van der Waals surface area contributed by atoms with Crippen LogP contribution in [0.25, 0.3) is 11.2 Å². The number of imidazole rings is 1. The highest BCUT2D eigenvalue weighted by molar-refractivity contribution is 7.98. The minimum atomic E-state index is 0.734. The van der Waals surface area contributed by atoms with Crippen molar-refractivity contribution in [2.24, 2.45) is 0 Å². The minimum Gasteiger partial charge on any atom is -0.497 e. The summed E-state index contributed by atoms with van der Waals surface area (Å²) >= 11 is 1.61. The number of aromatic nitrogens is 3. The van der Waals surface area contributed by atoms with Gasteiger partial charge in [-0.15, -0.1) is 0 Å². The third-order valence-electron chi connectivity index (χ3n) is 3.09. The van der Waals surface area contributed by atoms with Crippen LogP contribution in [0, 0.1) is 0 Å². The number of fused-ring (bicyclic) bond motifs is 1. The molecule has 0 fully saturated rings. The van der Waals surface area contributed by atoms with Crippen molar-refractivity contribution in [1.29, 1.82) is 0 Å². The number of hydrogen-bond acceptors (Lipinski definition) is 5. The second kappa shape index (κ2) is 6.05. The Morgan fingerprint density at radius 1 is 1.19 bits per heavy atom. The Hall–Kier alpha value is -2.21. The summed E-state index contributed by atoms with van der Waals surface area (Å²) in [5.74, 6) is 2.40. The van der Waals surface area contributed by atoms with E-state index < -0.39 is 0 Å². The van der Waals surface area contributed by atoms with Crippen LogP contribution in [-0.4, -0.2) is 29.2 Å². The van der Waals surface area contributed by atoms with Gasteiger partial charge in [0.2, 0.25) is 0 Å². The van der Waals surface area contributed by atoms with Gasteiger partial charge in [0, 0.05) is 17.5 Å². The summed E-state index contributed by atoms with van der Waals surface area (Å²) in [5.41, 5.74) is 2.74. The van der Waals surface area contributed by atoms with Gasteiger partial charge in [0.05, 0.1) is 19.7 Å². The number of methoxy groups -OCH3 is 2. The van der Waals surface area contributed by atoms with E-state index in [0.717, 1.165) is 39.1 Å². The predicted molar refractivity (Wildman–Crippen MR) is 83.0 cm³/mol. The average molecular weight is 301 g/mol. The molecule has 108 valence electrons. The number of nitrogens with zero attached hydrogens (tertiary/aromatic N) is 2. The summed E-state index contributed by atoms with van der Waals surface area (Å²) in [6.45, 7) is 0. The van der Waals surface area contributed by atoms with Gasteiger partial charge < -0.3 is 14.5 Å². The van der Waals surface area contributed by atoms with E-state index in [-0.39, 0.29) is 0 Å². The number of hydrogen-bond donors (Lipinski definition) is 1. The van der Waals surface area contributed by atoms with E-state index in [0.29, 0.717) is 0 Å². The smallest absolute Gasteiger partial charge is 0.178 e. The molecule has 2 heterocycles. The van der Waals surface area contributed by atoms with Gasteiger partial charge in [-0.3, -0.25) is 0 Å². The van der Waals surface area contributed by atoms with E-state index in [1.54, 1.807) is 32.2 Å². The number of thioether (sulfide) groups is 1. The van der Waals surface area contributed by atoms with Crippen molar-refractivity contribution in [3.63, 3.8) is 0 Å². The quantitative estimate of drug-likeness (QED) is 0.733. The van der Waals surface area contributed by atoms with Crippen LogP contribution in [0.4, 0.5) is 0 Å². The number of rotatable bonds is 5. The molecule has 0 saturated carbocycles. The number of aromatic amines is 1. The first-order valence-electron chi connectivity index (χ1n) is 6.44. The van der Waals surface area contributed by atoms with Crippen LogP contribution in [-0.2, 0) is 5.75 Å². The topological polar surface area (TPSA) is 60.0 Å². The Morgan fingerprint density at radius 3 is 2.86 bits per heavy atom. The van der Waals surface area contributed by atoms with Gasteiger partial charge in [0.1, 0.15) is 11.5 Å². The molecule has 0 amide bonds. The Labute approximate surface area is 126 Å². The fourth-order valence-corrected chi connectivity index (χ4v) is 2.88. The lowest BCUT2D eigenvalue weighted by Gasteiger charge is -2.09. The van der Waals surface area contributed by atoms with Gasteiger partial charge in [-0.2, -0.15) is 0 Å². The Bertz CT molecular complexity index is 725. The lowest BCUT2D eigenvalue weighted by Crippen LogP contribution is -1.92. The second-order valence-corrected chi connectivity index (χ2v) is 5.35. The molecule has 0 atom stereocenters. The highest BCUT2D eigenvalue weighted by Gasteiger charge is 2.08. The van der Waals surface area contributed by atoms with Gasteiger partial charge in [0.15, 0.2) is 10.8 Å². The molecular weight excluding hydrogens is 286 g/mol. The first kappa shape index (κ1) is 13.8. The molecule has 1 N–H and O–H groups in total. The van der Waals surface area contributed by atoms with Crippen molar-refractivity contribution in [2.45, 2.75) is 10.9 Å². The highest BCUT2D eigenvalue weighted by atomic mass is 32.2. The van der Waals surface area contributed by atoms with Crippen molar-refractivity contribution in [3.05, 3.63) is 42.1 Å². The molecule has 0 bridgehead atoms. The largest absolute Gasteiger partial charge is 0.497 e. The summed E-state index contributed by atoms with van der Waals surface area (Å²) in [5, 5.41) is 0.841. The van der Waals surface area contributed by atoms with Crippen LogP contribution >= 0.6 is 11.8 Å². The van der Waals surface area contributed by atoms with Crippen molar-refractivity contribution >= 4 is 22.9 Å². The number of H-pyrrole nitrogens is 1. The van der Waals surface area contributed by atoms with Crippen molar-refractivity contribution in [2.75, 3.05) is 14.2 Å². The Kier molecular flexibility index (Phi) is 3.96. The van der Waals surface area contributed by atoms with Crippen LogP contribution < -0.4 is 9.47 Å². The van der Waals surface area contributed by atoms with E-state index in [2.05, 4.69) is 15.0 Å². The zero-order valence-corrected chi connectivity index (χ0v) is 12.6. The number of ether oxygens (including phenoxy) is 2. The lowest BCUT2D eigenvalue weighted by molar-refractivity contribution is 0.400. The average Bonchev–Trinajstić information content (AvgIpc) is 2.95. The first-order valence-corrected chi connectivity index (χ1v) is 7.43. The fourth-order valence-electron chi connectivity index (χ4n) is 2.03. The monoisotopic (exact) mass is 301 g/mol. The molecule has 21 heavy (non-hydrogen) atoms. The SMILES string of the molecule is COc1ccc(OC)c(CSc2nc3ncccc3[nH]2)c1. The van der Waals surface area contributed by atoms with Gasteiger partial charge in [-0.1, -0.05) is 11.8 Å². The maximum absolute atomic E-state index is 5.38. The van der Waals surface area contributed by atoms with E-state index in [1.807, 2.05) is 30.3 Å². The zero-order valence-electron chi connectivity index (χ0n) is 11.8. The van der Waals surface area contributed by atoms with Gasteiger partial charge in [0.25, 0.3) is 0 Å². The lowest BCUT2D eigenvalue weighted by atomic mass is 10.2. The number of nitrogens with one attached hydrogen (secondary N) is 1. The molecule has 0 spiro atoms. The molecule has 0 radical (unpaired) electrons. The van der Waals surface area contributed by atoms with Crippen molar-refractivity contribution < 1.29 is 9.47 Å². The van der Waals surface area contributed by atoms with E-state index in [4.69, 9.17) is 9.47 Å². The fraction of sp³-hybridized carbons (Fsp3) is 0.200. The summed E-state index contributed by atoms with van der Waals surface area (Å²) in [4.78, 5) is 11.9. The maximum Gasteiger partial charge on any atom is 0.178 e. The minimum absolute atomic E-state index is 0.734. The van der Waals surface area contributed by atoms with Crippen LogP contribution in [0.15, 0.2) is 41.7 Å². The molecule has 3 aromatic rings. The molecule has 6 heteroatoms. The van der Waals surface area contributed by atoms with Crippen LogP contribution in [0.3, 0.4) is 0 Å². The molecule has 0 unspecified atom stereocenters. The van der Waals surface area contributed by atoms with Crippen LogP contribution in [0.1, 0.15) is 5.56 Å². The number of benzene rings is 1. The normalized spacial score (nSPS) is 10.8. The van der Waals surface area contributed by atoms with E-state index in [9.17, 15) is 0 Å². The molecule has 0 aliphatic rings. The highest BCUT2D eigenvalue weighted by Crippen LogP contribution is 2.30. The van der Waals surface area contributed by atoms with Crippen LogP contribution in [0.5, 0.6) is 11.5 Å². The van der Waals surface area contributed by atoms with Crippen molar-refractivity contribution in [1.82, 2.24) is 15.0 Å².